The molecule has 1 N–H and O–H groups in total. The highest BCUT2D eigenvalue weighted by atomic mass is 32.2. The SMILES string of the molecule is Cc1cccc(CS(=O)C(C)C(C)C(=O)O)c1. The predicted octanol–water partition coefficient (Wildman–Crippen LogP) is 2.35. The van der Waals surface area contributed by atoms with Gasteiger partial charge in [0.15, 0.2) is 0 Å². The lowest BCUT2D eigenvalue weighted by Gasteiger charge is -2.15. The van der Waals surface area contributed by atoms with E-state index < -0.39 is 22.7 Å². The van der Waals surface area contributed by atoms with E-state index in [1.807, 2.05) is 31.2 Å². The number of aliphatic carboxylic acids is 1. The van der Waals surface area contributed by atoms with Gasteiger partial charge in [-0.2, -0.15) is 0 Å². The van der Waals surface area contributed by atoms with Crippen LogP contribution in [0.1, 0.15) is 25.0 Å². The smallest absolute Gasteiger partial charge is 0.307 e. The fourth-order valence-corrected chi connectivity index (χ4v) is 2.87. The summed E-state index contributed by atoms with van der Waals surface area (Å²) in [6.07, 6.45) is 0. The average Bonchev–Trinajstić information content (AvgIpc) is 2.26. The van der Waals surface area contributed by atoms with Gasteiger partial charge < -0.3 is 5.11 Å². The minimum atomic E-state index is -1.16. The molecular weight excluding hydrogens is 236 g/mol. The van der Waals surface area contributed by atoms with E-state index in [0.29, 0.717) is 5.75 Å². The third kappa shape index (κ3) is 3.97. The maximum Gasteiger partial charge on any atom is 0.307 e. The number of hydrogen-bond donors (Lipinski definition) is 1. The monoisotopic (exact) mass is 254 g/mol. The average molecular weight is 254 g/mol. The molecule has 0 radical (unpaired) electrons. The number of benzene rings is 1. The molecule has 0 aliphatic carbocycles. The van der Waals surface area contributed by atoms with E-state index >= 15 is 0 Å². The van der Waals surface area contributed by atoms with E-state index in [-0.39, 0.29) is 5.25 Å². The van der Waals surface area contributed by atoms with E-state index in [2.05, 4.69) is 0 Å². The second kappa shape index (κ2) is 5.96. The first-order valence-corrected chi connectivity index (χ1v) is 6.95. The van der Waals surface area contributed by atoms with Gasteiger partial charge in [0.1, 0.15) is 0 Å². The maximum absolute atomic E-state index is 12.0. The van der Waals surface area contributed by atoms with E-state index in [1.54, 1.807) is 13.8 Å². The number of carboxylic acid groups (broad SMARTS) is 1. The van der Waals surface area contributed by atoms with E-state index in [9.17, 15) is 9.00 Å². The van der Waals surface area contributed by atoms with Crippen molar-refractivity contribution in [1.29, 1.82) is 0 Å². The fraction of sp³-hybridized carbons (Fsp3) is 0.462. The molecule has 4 heteroatoms. The first-order valence-electron chi connectivity index (χ1n) is 5.57. The van der Waals surface area contributed by atoms with Crippen LogP contribution in [0.5, 0.6) is 0 Å². The van der Waals surface area contributed by atoms with Crippen molar-refractivity contribution in [3.8, 4) is 0 Å². The van der Waals surface area contributed by atoms with Gasteiger partial charge in [-0.15, -0.1) is 0 Å². The zero-order valence-electron chi connectivity index (χ0n) is 10.3. The van der Waals surface area contributed by atoms with E-state index in [1.165, 1.54) is 0 Å². The zero-order valence-corrected chi connectivity index (χ0v) is 11.2. The molecule has 0 aromatic heterocycles. The summed E-state index contributed by atoms with van der Waals surface area (Å²) in [5.74, 6) is -1.06. The quantitative estimate of drug-likeness (QED) is 0.877. The lowest BCUT2D eigenvalue weighted by atomic mass is 10.1. The Balaban J connectivity index is 2.69. The Hall–Kier alpha value is -1.16. The van der Waals surface area contributed by atoms with Gasteiger partial charge in [0.25, 0.3) is 0 Å². The summed E-state index contributed by atoms with van der Waals surface area (Å²) in [6, 6.07) is 7.81. The maximum atomic E-state index is 12.0. The molecule has 0 saturated heterocycles. The van der Waals surface area contributed by atoms with Crippen molar-refractivity contribution >= 4 is 16.8 Å². The van der Waals surface area contributed by atoms with Crippen molar-refractivity contribution in [2.24, 2.45) is 5.92 Å². The minimum Gasteiger partial charge on any atom is -0.481 e. The van der Waals surface area contributed by atoms with Crippen molar-refractivity contribution < 1.29 is 14.1 Å². The molecule has 0 bridgehead atoms. The molecular formula is C13H18O3S. The van der Waals surface area contributed by atoms with Crippen molar-refractivity contribution in [2.75, 3.05) is 0 Å². The Bertz CT molecular complexity index is 428. The molecule has 17 heavy (non-hydrogen) atoms. The van der Waals surface area contributed by atoms with Crippen molar-refractivity contribution in [3.05, 3.63) is 35.4 Å². The molecule has 0 aliphatic heterocycles. The molecule has 0 heterocycles. The molecule has 0 aliphatic rings. The van der Waals surface area contributed by atoms with Crippen LogP contribution in [-0.2, 0) is 21.3 Å². The van der Waals surface area contributed by atoms with Crippen LogP contribution in [0.4, 0.5) is 0 Å². The molecule has 0 saturated carbocycles. The van der Waals surface area contributed by atoms with Crippen LogP contribution >= 0.6 is 0 Å². The third-order valence-electron chi connectivity index (χ3n) is 2.90. The van der Waals surface area contributed by atoms with Gasteiger partial charge in [-0.25, -0.2) is 0 Å². The van der Waals surface area contributed by atoms with Crippen LogP contribution in [0.15, 0.2) is 24.3 Å². The second-order valence-corrected chi connectivity index (χ2v) is 6.14. The number of carbonyl (C=O) groups is 1. The van der Waals surface area contributed by atoms with Gasteiger partial charge in [0.05, 0.1) is 5.92 Å². The summed E-state index contributed by atoms with van der Waals surface area (Å²) in [6.45, 7) is 5.31. The lowest BCUT2D eigenvalue weighted by molar-refractivity contribution is -0.141. The topological polar surface area (TPSA) is 54.4 Å². The van der Waals surface area contributed by atoms with Gasteiger partial charge in [-0.3, -0.25) is 9.00 Å². The highest BCUT2D eigenvalue weighted by Crippen LogP contribution is 2.15. The third-order valence-corrected chi connectivity index (χ3v) is 4.76. The Morgan fingerprint density at radius 1 is 1.41 bits per heavy atom. The summed E-state index contributed by atoms with van der Waals surface area (Å²) >= 11 is 0. The van der Waals surface area contributed by atoms with Gasteiger partial charge in [0.2, 0.25) is 0 Å². The first kappa shape index (κ1) is 13.9. The molecule has 3 unspecified atom stereocenters. The predicted molar refractivity (Wildman–Crippen MR) is 69.3 cm³/mol. The lowest BCUT2D eigenvalue weighted by Crippen LogP contribution is -2.27. The number of hydrogen-bond acceptors (Lipinski definition) is 2. The summed E-state index contributed by atoms with van der Waals surface area (Å²) < 4.78 is 12.0. The van der Waals surface area contributed by atoms with Crippen molar-refractivity contribution in [3.63, 3.8) is 0 Å². The Morgan fingerprint density at radius 2 is 2.06 bits per heavy atom. The van der Waals surface area contributed by atoms with Crippen LogP contribution in [-0.4, -0.2) is 20.5 Å². The Kier molecular flexibility index (Phi) is 4.87. The van der Waals surface area contributed by atoms with Crippen LogP contribution in [0, 0.1) is 12.8 Å². The number of carboxylic acids is 1. The molecule has 3 nitrogen and oxygen atoms in total. The highest BCUT2D eigenvalue weighted by Gasteiger charge is 2.24. The first-order chi connectivity index (χ1) is 7.91. The molecule has 1 aromatic carbocycles. The Labute approximate surface area is 104 Å². The Morgan fingerprint density at radius 3 is 2.59 bits per heavy atom. The van der Waals surface area contributed by atoms with E-state index in [4.69, 9.17) is 5.11 Å². The highest BCUT2D eigenvalue weighted by molar-refractivity contribution is 7.84. The molecule has 0 spiro atoms. The largest absolute Gasteiger partial charge is 0.481 e. The van der Waals surface area contributed by atoms with E-state index in [0.717, 1.165) is 11.1 Å². The molecule has 3 atom stereocenters. The normalized spacial score (nSPS) is 16.2. The zero-order chi connectivity index (χ0) is 13.0. The molecule has 1 rings (SSSR count). The number of rotatable bonds is 5. The summed E-state index contributed by atoms with van der Waals surface area (Å²) in [5.41, 5.74) is 2.12. The molecule has 0 amide bonds. The summed E-state index contributed by atoms with van der Waals surface area (Å²) in [7, 11) is -1.16. The standard InChI is InChI=1S/C13H18O3S/c1-9-5-4-6-12(7-9)8-17(16)11(3)10(2)13(14)15/h4-7,10-11H,8H2,1-3H3,(H,14,15). The number of aryl methyl sites for hydroxylation is 1. The van der Waals surface area contributed by atoms with Crippen LogP contribution in [0.3, 0.4) is 0 Å². The van der Waals surface area contributed by atoms with Crippen LogP contribution in [0.25, 0.3) is 0 Å². The minimum absolute atomic E-state index is 0.340. The van der Waals surface area contributed by atoms with Crippen LogP contribution < -0.4 is 0 Å². The van der Waals surface area contributed by atoms with Crippen molar-refractivity contribution in [2.45, 2.75) is 31.8 Å². The molecule has 0 fully saturated rings. The van der Waals surface area contributed by atoms with Gasteiger partial charge in [0, 0.05) is 21.8 Å². The second-order valence-electron chi connectivity index (χ2n) is 4.35. The van der Waals surface area contributed by atoms with Crippen molar-refractivity contribution in [1.82, 2.24) is 0 Å². The van der Waals surface area contributed by atoms with Gasteiger partial charge >= 0.3 is 5.97 Å². The van der Waals surface area contributed by atoms with Crippen LogP contribution in [0.2, 0.25) is 0 Å². The van der Waals surface area contributed by atoms with Gasteiger partial charge in [-0.1, -0.05) is 36.8 Å². The molecule has 94 valence electrons. The fourth-order valence-electron chi connectivity index (χ4n) is 1.53. The summed E-state index contributed by atoms with van der Waals surface area (Å²) in [5, 5.41) is 8.54. The van der Waals surface area contributed by atoms with Gasteiger partial charge in [-0.05, 0) is 19.4 Å². The molecule has 1 aromatic rings. The summed E-state index contributed by atoms with van der Waals surface area (Å²) in [4.78, 5) is 10.8.